The molecule has 4 rings (SSSR count). The number of guanidine groups is 1. The largest absolute Gasteiger partial charge is 0.497 e. The lowest BCUT2D eigenvalue weighted by atomic mass is 10.1. The lowest BCUT2D eigenvalue weighted by molar-refractivity contribution is 0.414. The molecule has 0 aromatic heterocycles. The zero-order valence-electron chi connectivity index (χ0n) is 12.6. The minimum absolute atomic E-state index is 0.349. The van der Waals surface area contributed by atoms with Crippen LogP contribution in [0, 0.1) is 0 Å². The highest BCUT2D eigenvalue weighted by Crippen LogP contribution is 2.31. The standard InChI is InChI=1S/C18H19N3O/c1-22-14-7-9-16-13(10-14)11-19-18(20-16)21-17-8-6-12-4-2-3-5-15(12)17/h2-5,7,9-10,17H,6,8,11H2,1H3,(H2,19,20,21). The maximum Gasteiger partial charge on any atom is 0.196 e. The first-order chi connectivity index (χ1) is 10.8. The molecule has 4 nitrogen and oxygen atoms in total. The number of hydrogen-bond acceptors (Lipinski definition) is 4. The zero-order valence-corrected chi connectivity index (χ0v) is 12.6. The summed E-state index contributed by atoms with van der Waals surface area (Å²) in [6.45, 7) is 0.677. The predicted octanol–water partition coefficient (Wildman–Crippen LogP) is 3.25. The summed E-state index contributed by atoms with van der Waals surface area (Å²) in [4.78, 5) is 4.62. The van der Waals surface area contributed by atoms with E-state index in [0.29, 0.717) is 12.6 Å². The zero-order chi connectivity index (χ0) is 14.9. The van der Waals surface area contributed by atoms with Crippen LogP contribution in [-0.4, -0.2) is 13.1 Å². The Morgan fingerprint density at radius 3 is 3.00 bits per heavy atom. The minimum atomic E-state index is 0.349. The molecule has 0 radical (unpaired) electrons. The van der Waals surface area contributed by atoms with Crippen LogP contribution in [0.25, 0.3) is 0 Å². The van der Waals surface area contributed by atoms with Crippen molar-refractivity contribution in [2.24, 2.45) is 4.99 Å². The number of aryl methyl sites for hydroxylation is 1. The molecule has 4 heteroatoms. The molecule has 1 aliphatic heterocycles. The van der Waals surface area contributed by atoms with Gasteiger partial charge < -0.3 is 15.4 Å². The van der Waals surface area contributed by atoms with Gasteiger partial charge in [-0.1, -0.05) is 24.3 Å². The van der Waals surface area contributed by atoms with Gasteiger partial charge in [0.05, 0.1) is 19.7 Å². The molecule has 0 bridgehead atoms. The van der Waals surface area contributed by atoms with Crippen LogP contribution >= 0.6 is 0 Å². The Kier molecular flexibility index (Phi) is 3.22. The molecule has 1 heterocycles. The number of nitrogens with one attached hydrogen (secondary N) is 2. The summed E-state index contributed by atoms with van der Waals surface area (Å²) in [5, 5.41) is 6.94. The fourth-order valence-electron chi connectivity index (χ4n) is 3.23. The van der Waals surface area contributed by atoms with Crippen LogP contribution in [0.3, 0.4) is 0 Å². The number of nitrogens with zero attached hydrogens (tertiary/aromatic N) is 1. The van der Waals surface area contributed by atoms with Crippen molar-refractivity contribution in [2.75, 3.05) is 12.4 Å². The third kappa shape index (κ3) is 2.30. The third-order valence-electron chi connectivity index (χ3n) is 4.42. The van der Waals surface area contributed by atoms with Gasteiger partial charge in [0.15, 0.2) is 5.96 Å². The lowest BCUT2D eigenvalue weighted by Crippen LogP contribution is -2.35. The number of ether oxygens (including phenoxy) is 1. The van der Waals surface area contributed by atoms with Crippen LogP contribution in [0.4, 0.5) is 5.69 Å². The summed E-state index contributed by atoms with van der Waals surface area (Å²) in [7, 11) is 1.69. The molecule has 1 unspecified atom stereocenters. The van der Waals surface area contributed by atoms with Crippen molar-refractivity contribution >= 4 is 11.6 Å². The Morgan fingerprint density at radius 1 is 1.18 bits per heavy atom. The fourth-order valence-corrected chi connectivity index (χ4v) is 3.23. The summed E-state index contributed by atoms with van der Waals surface area (Å²) in [5.74, 6) is 1.73. The molecule has 112 valence electrons. The summed E-state index contributed by atoms with van der Waals surface area (Å²) in [6, 6.07) is 15.1. The van der Waals surface area contributed by atoms with Gasteiger partial charge in [0.25, 0.3) is 0 Å². The quantitative estimate of drug-likeness (QED) is 0.893. The first kappa shape index (κ1) is 13.2. The SMILES string of the molecule is COc1ccc2c(c1)CN=C(NC1CCc3ccccc31)N2. The second-order valence-electron chi connectivity index (χ2n) is 5.75. The third-order valence-corrected chi connectivity index (χ3v) is 4.42. The van der Waals surface area contributed by atoms with Crippen LogP contribution in [0.1, 0.15) is 29.2 Å². The Balaban J connectivity index is 1.51. The Bertz CT molecular complexity index is 739. The van der Waals surface area contributed by atoms with Gasteiger partial charge in [0.1, 0.15) is 5.75 Å². The van der Waals surface area contributed by atoms with Gasteiger partial charge in [-0.05, 0) is 42.2 Å². The van der Waals surface area contributed by atoms with Gasteiger partial charge in [-0.15, -0.1) is 0 Å². The molecule has 1 atom stereocenters. The highest BCUT2D eigenvalue weighted by atomic mass is 16.5. The van der Waals surface area contributed by atoms with E-state index in [4.69, 9.17) is 4.74 Å². The normalized spacial score (nSPS) is 18.8. The van der Waals surface area contributed by atoms with E-state index in [2.05, 4.69) is 39.9 Å². The molecule has 22 heavy (non-hydrogen) atoms. The highest BCUT2D eigenvalue weighted by molar-refractivity contribution is 5.96. The van der Waals surface area contributed by atoms with Crippen molar-refractivity contribution < 1.29 is 4.74 Å². The van der Waals surface area contributed by atoms with E-state index in [0.717, 1.165) is 35.8 Å². The van der Waals surface area contributed by atoms with E-state index in [9.17, 15) is 0 Å². The number of rotatable bonds is 2. The molecule has 0 fully saturated rings. The van der Waals surface area contributed by atoms with Crippen LogP contribution in [0.5, 0.6) is 5.75 Å². The fraction of sp³-hybridized carbons (Fsp3) is 0.278. The molecule has 2 aliphatic rings. The van der Waals surface area contributed by atoms with Crippen LogP contribution in [0.2, 0.25) is 0 Å². The lowest BCUT2D eigenvalue weighted by Gasteiger charge is -2.23. The maximum absolute atomic E-state index is 5.26. The number of aliphatic imine (C=N–C) groups is 1. The molecule has 2 N–H and O–H groups in total. The van der Waals surface area contributed by atoms with Gasteiger partial charge in [-0.3, -0.25) is 0 Å². The van der Waals surface area contributed by atoms with E-state index in [-0.39, 0.29) is 0 Å². The Hall–Kier alpha value is -2.49. The highest BCUT2D eigenvalue weighted by Gasteiger charge is 2.23. The van der Waals surface area contributed by atoms with Crippen molar-refractivity contribution in [1.29, 1.82) is 0 Å². The first-order valence-corrected chi connectivity index (χ1v) is 7.66. The maximum atomic E-state index is 5.26. The van der Waals surface area contributed by atoms with Gasteiger partial charge in [0.2, 0.25) is 0 Å². The second-order valence-corrected chi connectivity index (χ2v) is 5.75. The first-order valence-electron chi connectivity index (χ1n) is 7.66. The van der Waals surface area contributed by atoms with Gasteiger partial charge in [0, 0.05) is 11.3 Å². The van der Waals surface area contributed by atoms with Crippen molar-refractivity contribution in [2.45, 2.75) is 25.4 Å². The molecular formula is C18H19N3O. The van der Waals surface area contributed by atoms with E-state index in [1.165, 1.54) is 11.1 Å². The summed E-state index contributed by atoms with van der Waals surface area (Å²) in [6.07, 6.45) is 2.25. The van der Waals surface area contributed by atoms with Crippen molar-refractivity contribution in [3.8, 4) is 5.75 Å². The number of anilines is 1. The molecule has 2 aromatic rings. The van der Waals surface area contributed by atoms with Gasteiger partial charge >= 0.3 is 0 Å². The molecule has 0 saturated carbocycles. The van der Waals surface area contributed by atoms with Crippen molar-refractivity contribution in [1.82, 2.24) is 5.32 Å². The van der Waals surface area contributed by atoms with Crippen molar-refractivity contribution in [3.63, 3.8) is 0 Å². The van der Waals surface area contributed by atoms with E-state index >= 15 is 0 Å². The smallest absolute Gasteiger partial charge is 0.196 e. The van der Waals surface area contributed by atoms with Crippen LogP contribution < -0.4 is 15.4 Å². The number of methoxy groups -OCH3 is 1. The predicted molar refractivity (Wildman–Crippen MR) is 88.4 cm³/mol. The monoisotopic (exact) mass is 293 g/mol. The van der Waals surface area contributed by atoms with Crippen LogP contribution in [0.15, 0.2) is 47.5 Å². The van der Waals surface area contributed by atoms with Gasteiger partial charge in [-0.25, -0.2) is 4.99 Å². The average molecular weight is 293 g/mol. The Morgan fingerprint density at radius 2 is 2.09 bits per heavy atom. The van der Waals surface area contributed by atoms with E-state index in [1.54, 1.807) is 7.11 Å². The molecule has 2 aromatic carbocycles. The molecule has 0 amide bonds. The summed E-state index contributed by atoms with van der Waals surface area (Å²) >= 11 is 0. The van der Waals surface area contributed by atoms with Crippen LogP contribution in [-0.2, 0) is 13.0 Å². The summed E-state index contributed by atoms with van der Waals surface area (Å²) in [5.41, 5.74) is 5.11. The second kappa shape index (κ2) is 5.37. The molecule has 0 saturated heterocycles. The number of hydrogen-bond donors (Lipinski definition) is 2. The van der Waals surface area contributed by atoms with E-state index in [1.807, 2.05) is 18.2 Å². The number of benzene rings is 2. The summed E-state index contributed by atoms with van der Waals surface area (Å²) < 4.78 is 5.26. The Labute approximate surface area is 130 Å². The molecule has 1 aliphatic carbocycles. The van der Waals surface area contributed by atoms with E-state index < -0.39 is 0 Å². The number of fused-ring (bicyclic) bond motifs is 2. The average Bonchev–Trinajstić information content (AvgIpc) is 2.97. The van der Waals surface area contributed by atoms with Gasteiger partial charge in [-0.2, -0.15) is 0 Å². The minimum Gasteiger partial charge on any atom is -0.497 e. The molecular weight excluding hydrogens is 274 g/mol. The van der Waals surface area contributed by atoms with Crippen molar-refractivity contribution in [3.05, 3.63) is 59.2 Å². The topological polar surface area (TPSA) is 45.6 Å². The molecule has 0 spiro atoms.